The van der Waals surface area contributed by atoms with Gasteiger partial charge in [0.25, 0.3) is 5.91 Å². The maximum atomic E-state index is 13.4. The van der Waals surface area contributed by atoms with E-state index in [-0.39, 0.29) is 11.6 Å². The molecule has 0 aliphatic heterocycles. The molecule has 2 aromatic rings. The van der Waals surface area contributed by atoms with Crippen LogP contribution >= 0.6 is 15.9 Å². The van der Waals surface area contributed by atoms with E-state index in [4.69, 9.17) is 0 Å². The lowest BCUT2D eigenvalue weighted by molar-refractivity contribution is 0.102. The fraction of sp³-hybridized carbons (Fsp3) is 0.0769. The van der Waals surface area contributed by atoms with Crippen LogP contribution in [0.25, 0.3) is 0 Å². The molecule has 0 radical (unpaired) electrons. The van der Waals surface area contributed by atoms with Crippen LogP contribution in [0.15, 0.2) is 41.1 Å². The van der Waals surface area contributed by atoms with Gasteiger partial charge in [0.2, 0.25) is 0 Å². The topological polar surface area (TPSA) is 42.0 Å². The predicted octanol–water partition coefficient (Wildman–Crippen LogP) is 3.54. The molecule has 1 aromatic heterocycles. The minimum Gasteiger partial charge on any atom is -0.319 e. The molecule has 1 N–H and O–H groups in total. The molecule has 5 heteroatoms. The number of anilines is 1. The number of rotatable bonds is 2. The van der Waals surface area contributed by atoms with E-state index in [9.17, 15) is 9.18 Å². The zero-order valence-electron chi connectivity index (χ0n) is 9.58. The smallest absolute Gasteiger partial charge is 0.256 e. The van der Waals surface area contributed by atoms with Crippen LogP contribution in [0.3, 0.4) is 0 Å². The van der Waals surface area contributed by atoms with E-state index in [1.54, 1.807) is 12.1 Å². The van der Waals surface area contributed by atoms with Crippen molar-refractivity contribution in [2.24, 2.45) is 0 Å². The molecule has 0 aliphatic carbocycles. The van der Waals surface area contributed by atoms with Gasteiger partial charge < -0.3 is 5.32 Å². The van der Waals surface area contributed by atoms with Crippen molar-refractivity contribution < 1.29 is 9.18 Å². The number of aromatic nitrogens is 1. The highest BCUT2D eigenvalue weighted by Crippen LogP contribution is 2.22. The Balaban J connectivity index is 2.28. The van der Waals surface area contributed by atoms with Gasteiger partial charge in [-0.15, -0.1) is 0 Å². The average Bonchev–Trinajstić information content (AvgIpc) is 2.35. The van der Waals surface area contributed by atoms with Crippen molar-refractivity contribution in [3.05, 3.63) is 58.1 Å². The van der Waals surface area contributed by atoms with E-state index in [2.05, 4.69) is 26.2 Å². The summed E-state index contributed by atoms with van der Waals surface area (Å²) in [7, 11) is 0. The van der Waals surface area contributed by atoms with E-state index >= 15 is 0 Å². The summed E-state index contributed by atoms with van der Waals surface area (Å²) >= 11 is 3.35. The van der Waals surface area contributed by atoms with E-state index < -0.39 is 5.82 Å². The van der Waals surface area contributed by atoms with E-state index in [0.717, 1.165) is 11.8 Å². The third-order valence-electron chi connectivity index (χ3n) is 2.46. The molecule has 0 fully saturated rings. The van der Waals surface area contributed by atoms with Gasteiger partial charge in [-0.05, 0) is 40.5 Å². The van der Waals surface area contributed by atoms with Crippen LogP contribution in [0, 0.1) is 12.7 Å². The molecule has 0 bridgehead atoms. The van der Waals surface area contributed by atoms with Crippen LogP contribution in [0.5, 0.6) is 0 Å². The third kappa shape index (κ3) is 2.56. The molecule has 3 nitrogen and oxygen atoms in total. The molecule has 2 rings (SSSR count). The van der Waals surface area contributed by atoms with Crippen molar-refractivity contribution in [2.45, 2.75) is 6.92 Å². The number of hydrogen-bond donors (Lipinski definition) is 1. The molecular formula is C13H10BrFN2O. The average molecular weight is 309 g/mol. The zero-order chi connectivity index (χ0) is 13.1. The van der Waals surface area contributed by atoms with Crippen LogP contribution in [-0.2, 0) is 0 Å². The highest BCUT2D eigenvalue weighted by Gasteiger charge is 2.13. The molecule has 1 amide bonds. The van der Waals surface area contributed by atoms with Gasteiger partial charge in [0.05, 0.1) is 17.4 Å². The minimum absolute atomic E-state index is 0.114. The van der Waals surface area contributed by atoms with Gasteiger partial charge >= 0.3 is 0 Å². The number of amides is 1. The SMILES string of the molecule is Cc1cccc(C(=O)Nc2ccncc2F)c1Br. The number of carbonyl (C=O) groups excluding carboxylic acids is 1. The van der Waals surface area contributed by atoms with Gasteiger partial charge in [0.1, 0.15) is 0 Å². The molecule has 18 heavy (non-hydrogen) atoms. The number of nitrogens with one attached hydrogen (secondary N) is 1. The summed E-state index contributed by atoms with van der Waals surface area (Å²) < 4.78 is 14.1. The summed E-state index contributed by atoms with van der Waals surface area (Å²) in [5, 5.41) is 2.51. The van der Waals surface area contributed by atoms with E-state index in [1.165, 1.54) is 12.3 Å². The summed E-state index contributed by atoms with van der Waals surface area (Å²) in [6.45, 7) is 1.88. The number of benzene rings is 1. The maximum absolute atomic E-state index is 13.4. The number of carbonyl (C=O) groups is 1. The van der Waals surface area contributed by atoms with Crippen molar-refractivity contribution in [3.8, 4) is 0 Å². The Hall–Kier alpha value is -1.75. The van der Waals surface area contributed by atoms with Crippen LogP contribution in [0.4, 0.5) is 10.1 Å². The van der Waals surface area contributed by atoms with Crippen molar-refractivity contribution in [2.75, 3.05) is 5.32 Å². The molecule has 0 saturated carbocycles. The minimum atomic E-state index is -0.561. The van der Waals surface area contributed by atoms with Gasteiger partial charge in [0, 0.05) is 10.7 Å². The van der Waals surface area contributed by atoms with Crippen LogP contribution in [0.1, 0.15) is 15.9 Å². The Labute approximate surface area is 112 Å². The first-order chi connectivity index (χ1) is 8.59. The normalized spacial score (nSPS) is 10.2. The van der Waals surface area contributed by atoms with Gasteiger partial charge in [-0.25, -0.2) is 4.39 Å². The Morgan fingerprint density at radius 1 is 1.39 bits per heavy atom. The first kappa shape index (κ1) is 12.7. The molecular weight excluding hydrogens is 299 g/mol. The summed E-state index contributed by atoms with van der Waals surface area (Å²) in [5.41, 5.74) is 1.52. The highest BCUT2D eigenvalue weighted by molar-refractivity contribution is 9.10. The molecule has 92 valence electrons. The second-order valence-corrected chi connectivity index (χ2v) is 4.54. The van der Waals surface area contributed by atoms with E-state index in [0.29, 0.717) is 10.0 Å². The van der Waals surface area contributed by atoms with Crippen LogP contribution in [0.2, 0.25) is 0 Å². The summed E-state index contributed by atoms with van der Waals surface area (Å²) in [6.07, 6.45) is 2.48. The van der Waals surface area contributed by atoms with Gasteiger partial charge in [-0.1, -0.05) is 12.1 Å². The standard InChI is InChI=1S/C13H10BrFN2O/c1-8-3-2-4-9(12(8)14)13(18)17-11-5-6-16-7-10(11)15/h2-7H,1H3,(H,16,17,18). The predicted molar refractivity (Wildman–Crippen MR) is 71.0 cm³/mol. The van der Waals surface area contributed by atoms with Gasteiger partial charge in [-0.2, -0.15) is 0 Å². The summed E-state index contributed by atoms with van der Waals surface area (Å²) in [5.74, 6) is -0.926. The Bertz CT molecular complexity index is 601. The zero-order valence-corrected chi connectivity index (χ0v) is 11.2. The lowest BCUT2D eigenvalue weighted by Crippen LogP contribution is -2.14. The number of halogens is 2. The molecule has 0 unspecified atom stereocenters. The first-order valence-corrected chi connectivity index (χ1v) is 6.05. The maximum Gasteiger partial charge on any atom is 0.256 e. The molecule has 1 heterocycles. The number of nitrogens with zero attached hydrogens (tertiary/aromatic N) is 1. The quantitative estimate of drug-likeness (QED) is 0.922. The van der Waals surface area contributed by atoms with Crippen molar-refractivity contribution in [3.63, 3.8) is 0 Å². The molecule has 1 aromatic carbocycles. The highest BCUT2D eigenvalue weighted by atomic mass is 79.9. The molecule has 0 saturated heterocycles. The van der Waals surface area contributed by atoms with Crippen molar-refractivity contribution in [1.82, 2.24) is 4.98 Å². The summed E-state index contributed by atoms with van der Waals surface area (Å²) in [6, 6.07) is 6.74. The molecule has 0 atom stereocenters. The molecule has 0 spiro atoms. The van der Waals surface area contributed by atoms with Crippen molar-refractivity contribution >= 4 is 27.5 Å². The Morgan fingerprint density at radius 2 is 2.17 bits per heavy atom. The number of aryl methyl sites for hydroxylation is 1. The number of hydrogen-bond acceptors (Lipinski definition) is 2. The largest absolute Gasteiger partial charge is 0.319 e. The van der Waals surface area contributed by atoms with Gasteiger partial charge in [0.15, 0.2) is 5.82 Å². The Kier molecular flexibility index (Phi) is 3.72. The fourth-order valence-electron chi connectivity index (χ4n) is 1.49. The van der Waals surface area contributed by atoms with Gasteiger partial charge in [-0.3, -0.25) is 9.78 Å². The third-order valence-corrected chi connectivity index (χ3v) is 3.51. The van der Waals surface area contributed by atoms with Crippen LogP contribution in [-0.4, -0.2) is 10.9 Å². The Morgan fingerprint density at radius 3 is 2.89 bits per heavy atom. The fourth-order valence-corrected chi connectivity index (χ4v) is 1.93. The first-order valence-electron chi connectivity index (χ1n) is 5.25. The van der Waals surface area contributed by atoms with Crippen LogP contribution < -0.4 is 5.32 Å². The number of pyridine rings is 1. The lowest BCUT2D eigenvalue weighted by Gasteiger charge is -2.08. The molecule has 0 aliphatic rings. The second kappa shape index (κ2) is 5.27. The summed E-state index contributed by atoms with van der Waals surface area (Å²) in [4.78, 5) is 15.6. The lowest BCUT2D eigenvalue weighted by atomic mass is 10.1. The van der Waals surface area contributed by atoms with E-state index in [1.807, 2.05) is 13.0 Å². The monoisotopic (exact) mass is 308 g/mol. The van der Waals surface area contributed by atoms with Crippen molar-refractivity contribution in [1.29, 1.82) is 0 Å². The second-order valence-electron chi connectivity index (χ2n) is 3.75.